The maximum atomic E-state index is 0. The molecule has 4 heteroatoms. The molecule has 0 bridgehead atoms. The van der Waals surface area contributed by atoms with Gasteiger partial charge in [0.05, 0.1) is 0 Å². The number of rotatable bonds is 0. The van der Waals surface area contributed by atoms with Gasteiger partial charge in [0.25, 0.3) is 0 Å². The summed E-state index contributed by atoms with van der Waals surface area (Å²) in [5.74, 6) is 0. The zero-order valence-corrected chi connectivity index (χ0v) is 14.2. The summed E-state index contributed by atoms with van der Waals surface area (Å²) in [5.41, 5.74) is 0. The Bertz CT molecular complexity index is 8.00. The van der Waals surface area contributed by atoms with Gasteiger partial charge in [0.1, 0.15) is 0 Å². The van der Waals surface area contributed by atoms with E-state index in [4.69, 9.17) is 0 Å². The Morgan fingerprint density at radius 2 is 1.00 bits per heavy atom. The molecular weight excluding hydrogens is 503 g/mol. The Hall–Kier alpha value is 4.21. The Morgan fingerprint density at radius 1 is 1.00 bits per heavy atom. The van der Waals surface area contributed by atoms with E-state index in [1.54, 1.807) is 0 Å². The average Bonchev–Trinajstić information content (AvgIpc) is 0. The minimum Gasteiger partial charge on any atom is 0 e. The van der Waals surface area contributed by atoms with Gasteiger partial charge in [-0.25, -0.2) is 0 Å². The number of hydrogen-bond acceptors (Lipinski definition) is 0. The molecule has 0 unspecified atom stereocenters. The fourth-order valence-corrected chi connectivity index (χ4v) is 0. The predicted octanol–water partition coefficient (Wildman–Crippen LogP) is -0.00750. The minimum absolute atomic E-state index is 0. The van der Waals surface area contributed by atoms with Crippen molar-refractivity contribution >= 4 is 0 Å². The molecule has 0 aromatic carbocycles. The molecule has 0 aromatic heterocycles. The van der Waals surface area contributed by atoms with Gasteiger partial charge in [-0.3, -0.25) is 0 Å². The summed E-state index contributed by atoms with van der Waals surface area (Å²) in [6.07, 6.45) is 0. The second-order valence-corrected chi connectivity index (χ2v) is 0. The molecule has 0 nitrogen and oxygen atoms in total. The molecular formula is HfNdYZr. The van der Waals surface area contributed by atoms with Gasteiger partial charge in [-0.2, -0.15) is 0 Å². The van der Waals surface area contributed by atoms with Crippen LogP contribution in [0.15, 0.2) is 0 Å². The summed E-state index contributed by atoms with van der Waals surface area (Å²) in [4.78, 5) is 0. The summed E-state index contributed by atoms with van der Waals surface area (Å²) in [6.45, 7) is 0. The Morgan fingerprint density at radius 3 is 1.00 bits per heavy atom. The molecule has 0 rings (SSSR count). The van der Waals surface area contributed by atoms with E-state index >= 15 is 0 Å². The van der Waals surface area contributed by atoms with Crippen LogP contribution in [0.25, 0.3) is 0 Å². The fourth-order valence-electron chi connectivity index (χ4n) is 0. The largest absolute Gasteiger partial charge is 0 e. The molecule has 0 N–H and O–H groups in total. The third-order valence-corrected chi connectivity index (χ3v) is 0. The summed E-state index contributed by atoms with van der Waals surface area (Å²) in [6, 6.07) is 0. The molecule has 0 aliphatic heterocycles. The van der Waals surface area contributed by atoms with E-state index in [2.05, 4.69) is 0 Å². The van der Waals surface area contributed by atoms with Crippen LogP contribution in [0.4, 0.5) is 0 Å². The molecule has 15 valence electrons. The smallest absolute Gasteiger partial charge is 0 e. The molecule has 0 aliphatic rings. The van der Waals surface area contributed by atoms with Crippen molar-refractivity contribution in [2.24, 2.45) is 0 Å². The average molecular weight is 503 g/mol. The van der Waals surface area contributed by atoms with Crippen molar-refractivity contribution in [3.05, 3.63) is 0 Å². The summed E-state index contributed by atoms with van der Waals surface area (Å²) in [5, 5.41) is 0. The van der Waals surface area contributed by atoms with Gasteiger partial charge in [-0.15, -0.1) is 0 Å². The first kappa shape index (κ1) is 24.1. The zero-order chi connectivity index (χ0) is 0. The number of hydrogen-bond donors (Lipinski definition) is 0. The fraction of sp³-hybridized carbons (Fsp3) is 0. The van der Waals surface area contributed by atoms with Crippen molar-refractivity contribution in [3.63, 3.8) is 0 Å². The first-order valence-electron chi connectivity index (χ1n) is 0. The van der Waals surface area contributed by atoms with Crippen LogP contribution in [0.3, 0.4) is 0 Å². The van der Waals surface area contributed by atoms with Crippen LogP contribution in [0, 0.1) is 40.8 Å². The van der Waals surface area contributed by atoms with E-state index in [1.807, 2.05) is 0 Å². The Kier molecular flexibility index (Phi) is 94.5. The molecule has 0 aromatic rings. The molecule has 1 radical (unpaired) electrons. The van der Waals surface area contributed by atoms with Crippen LogP contribution in [0.1, 0.15) is 0 Å². The van der Waals surface area contributed by atoms with Gasteiger partial charge in [0.2, 0.25) is 0 Å². The van der Waals surface area contributed by atoms with E-state index in [0.717, 1.165) is 0 Å². The van der Waals surface area contributed by atoms with Crippen LogP contribution in [0.2, 0.25) is 0 Å². The van der Waals surface area contributed by atoms with Crippen molar-refractivity contribution in [3.8, 4) is 0 Å². The molecule has 0 fully saturated rings. The summed E-state index contributed by atoms with van der Waals surface area (Å²) in [7, 11) is 0. The van der Waals surface area contributed by atoms with Crippen LogP contribution in [-0.2, 0) is 84.8 Å². The monoisotopic (exact) mass is 501 g/mol. The molecule has 0 saturated heterocycles. The maximum Gasteiger partial charge on any atom is 0 e. The second-order valence-electron chi connectivity index (χ2n) is 0. The standard InChI is InChI=1S/Hf.Nd.Y.Zr. The van der Waals surface area contributed by atoms with Crippen molar-refractivity contribution in [1.29, 1.82) is 0 Å². The van der Waals surface area contributed by atoms with Gasteiger partial charge in [0, 0.05) is 126 Å². The maximum absolute atomic E-state index is 0. The predicted molar refractivity (Wildman–Crippen MR) is 0 cm³/mol. The normalized spacial score (nSPS) is 0. The van der Waals surface area contributed by atoms with E-state index in [9.17, 15) is 0 Å². The first-order chi connectivity index (χ1) is 0. The van der Waals surface area contributed by atoms with Crippen LogP contribution in [-0.4, -0.2) is 0 Å². The van der Waals surface area contributed by atoms with Crippen molar-refractivity contribution in [1.82, 2.24) is 0 Å². The minimum atomic E-state index is 0. The Labute approximate surface area is 122 Å². The topological polar surface area (TPSA) is 0 Å². The molecule has 0 spiro atoms. The van der Waals surface area contributed by atoms with Crippen molar-refractivity contribution in [2.45, 2.75) is 0 Å². The van der Waals surface area contributed by atoms with Crippen LogP contribution in [0.5, 0.6) is 0 Å². The van der Waals surface area contributed by atoms with Crippen molar-refractivity contribution < 1.29 is 126 Å². The van der Waals surface area contributed by atoms with Gasteiger partial charge in [0.15, 0.2) is 0 Å². The summed E-state index contributed by atoms with van der Waals surface area (Å²) < 4.78 is 0. The third-order valence-electron chi connectivity index (χ3n) is 0. The zero-order valence-electron chi connectivity index (χ0n) is 2.08. The van der Waals surface area contributed by atoms with Gasteiger partial charge < -0.3 is 0 Å². The van der Waals surface area contributed by atoms with E-state index in [1.165, 1.54) is 0 Å². The first-order valence-corrected chi connectivity index (χ1v) is 0. The van der Waals surface area contributed by atoms with E-state index in [-0.39, 0.29) is 126 Å². The van der Waals surface area contributed by atoms with Gasteiger partial charge >= 0.3 is 0 Å². The van der Waals surface area contributed by atoms with E-state index < -0.39 is 0 Å². The second kappa shape index (κ2) is 15.7. The Balaban J connectivity index is 0. The molecule has 0 heterocycles. The van der Waals surface area contributed by atoms with Gasteiger partial charge in [-0.1, -0.05) is 0 Å². The SMILES string of the molecule is [Hf].[Nd].[Y].[Zr]. The molecule has 0 amide bonds. The molecule has 0 atom stereocenters. The molecule has 4 heavy (non-hydrogen) atoms. The van der Waals surface area contributed by atoms with Crippen LogP contribution < -0.4 is 0 Å². The van der Waals surface area contributed by atoms with Crippen molar-refractivity contribution in [2.75, 3.05) is 0 Å². The van der Waals surface area contributed by atoms with E-state index in [0.29, 0.717) is 0 Å². The summed E-state index contributed by atoms with van der Waals surface area (Å²) >= 11 is 0. The van der Waals surface area contributed by atoms with Crippen LogP contribution >= 0.6 is 0 Å². The quantitative estimate of drug-likeness (QED) is 0.409. The molecule has 0 aliphatic carbocycles. The molecule has 0 saturated carbocycles. The third kappa shape index (κ3) is 9.51. The van der Waals surface area contributed by atoms with Gasteiger partial charge in [-0.05, 0) is 0 Å².